The van der Waals surface area contributed by atoms with Gasteiger partial charge >= 0.3 is 0 Å². The summed E-state index contributed by atoms with van der Waals surface area (Å²) in [7, 11) is 3.13. The number of hydrogen-bond acceptors (Lipinski definition) is 6. The Bertz CT molecular complexity index is 769. The molecule has 3 aromatic rings. The van der Waals surface area contributed by atoms with Crippen LogP contribution in [0.4, 0.5) is 5.69 Å². The number of rotatable bonds is 3. The van der Waals surface area contributed by atoms with Gasteiger partial charge in [-0.15, -0.1) is 10.2 Å². The second kappa shape index (κ2) is 4.69. The van der Waals surface area contributed by atoms with Crippen LogP contribution in [0.2, 0.25) is 0 Å². The highest BCUT2D eigenvalue weighted by Crippen LogP contribution is 2.36. The lowest BCUT2D eigenvalue weighted by Gasteiger charge is -2.11. The summed E-state index contributed by atoms with van der Waals surface area (Å²) in [5.74, 6) is 1.69. The quantitative estimate of drug-likeness (QED) is 0.724. The fourth-order valence-electron chi connectivity index (χ4n) is 2.00. The van der Waals surface area contributed by atoms with E-state index in [2.05, 4.69) is 15.3 Å². The van der Waals surface area contributed by atoms with E-state index in [0.29, 0.717) is 34.2 Å². The Labute approximate surface area is 114 Å². The molecule has 0 saturated heterocycles. The molecule has 0 bridgehead atoms. The Morgan fingerprint density at radius 2 is 1.85 bits per heavy atom. The van der Waals surface area contributed by atoms with Crippen molar-refractivity contribution in [1.29, 1.82) is 0 Å². The summed E-state index contributed by atoms with van der Waals surface area (Å²) in [5, 5.41) is 12.4. The molecule has 0 atom stereocenters. The average Bonchev–Trinajstić information content (AvgIpc) is 2.90. The molecule has 2 aromatic heterocycles. The van der Waals surface area contributed by atoms with Crippen molar-refractivity contribution in [1.82, 2.24) is 19.8 Å². The topological polar surface area (TPSA) is 87.6 Å². The van der Waals surface area contributed by atoms with Crippen molar-refractivity contribution in [2.24, 2.45) is 0 Å². The van der Waals surface area contributed by atoms with Gasteiger partial charge in [0.05, 0.1) is 14.2 Å². The number of aromatic nitrogens is 4. The van der Waals surface area contributed by atoms with Crippen LogP contribution in [0, 0.1) is 0 Å². The monoisotopic (exact) mass is 271 g/mol. The molecule has 1 aromatic carbocycles. The van der Waals surface area contributed by atoms with Crippen molar-refractivity contribution in [3.8, 4) is 22.9 Å². The van der Waals surface area contributed by atoms with Crippen LogP contribution in [-0.4, -0.2) is 34.0 Å². The first-order chi connectivity index (χ1) is 9.74. The number of nitrogens with two attached hydrogens (primary N) is 1. The molecule has 7 heteroatoms. The summed E-state index contributed by atoms with van der Waals surface area (Å²) < 4.78 is 12.1. The van der Waals surface area contributed by atoms with Crippen LogP contribution in [-0.2, 0) is 0 Å². The van der Waals surface area contributed by atoms with E-state index in [9.17, 15) is 0 Å². The number of anilines is 1. The summed E-state index contributed by atoms with van der Waals surface area (Å²) in [6, 6.07) is 7.07. The highest BCUT2D eigenvalue weighted by Gasteiger charge is 2.16. The van der Waals surface area contributed by atoms with Gasteiger partial charge < -0.3 is 15.2 Å². The minimum absolute atomic E-state index is 0.516. The molecule has 0 amide bonds. The molecule has 2 N–H and O–H groups in total. The van der Waals surface area contributed by atoms with E-state index in [4.69, 9.17) is 15.2 Å². The number of nitrogen functional groups attached to an aromatic ring is 1. The Balaban J connectivity index is 2.24. The summed E-state index contributed by atoms with van der Waals surface area (Å²) in [4.78, 5) is 0. The fourth-order valence-corrected chi connectivity index (χ4v) is 2.00. The highest BCUT2D eigenvalue weighted by atomic mass is 16.5. The van der Waals surface area contributed by atoms with E-state index >= 15 is 0 Å². The summed E-state index contributed by atoms with van der Waals surface area (Å²) in [6.07, 6.45) is 1.66. The molecule has 7 nitrogen and oxygen atoms in total. The molecule has 0 aliphatic rings. The van der Waals surface area contributed by atoms with Gasteiger partial charge in [-0.3, -0.25) is 0 Å². The van der Waals surface area contributed by atoms with Crippen LogP contribution in [0.1, 0.15) is 0 Å². The zero-order valence-electron chi connectivity index (χ0n) is 11.1. The predicted octanol–water partition coefficient (Wildman–Crippen LogP) is 1.39. The van der Waals surface area contributed by atoms with Gasteiger partial charge in [0.2, 0.25) is 0 Å². The zero-order valence-corrected chi connectivity index (χ0v) is 11.1. The van der Waals surface area contributed by atoms with Gasteiger partial charge in [0.15, 0.2) is 23.0 Å². The summed E-state index contributed by atoms with van der Waals surface area (Å²) in [6.45, 7) is 0. The normalized spacial score (nSPS) is 10.7. The number of hydrogen-bond donors (Lipinski definition) is 1. The van der Waals surface area contributed by atoms with Gasteiger partial charge in [-0.05, 0) is 18.2 Å². The Morgan fingerprint density at radius 1 is 1.10 bits per heavy atom. The first kappa shape index (κ1) is 12.2. The molecule has 102 valence electrons. The second-order valence-corrected chi connectivity index (χ2v) is 4.11. The van der Waals surface area contributed by atoms with Gasteiger partial charge in [0, 0.05) is 23.5 Å². The van der Waals surface area contributed by atoms with Crippen LogP contribution in [0.3, 0.4) is 0 Å². The van der Waals surface area contributed by atoms with Gasteiger partial charge in [0.1, 0.15) is 0 Å². The van der Waals surface area contributed by atoms with Gasteiger partial charge in [0.25, 0.3) is 0 Å². The first-order valence-electron chi connectivity index (χ1n) is 5.93. The second-order valence-electron chi connectivity index (χ2n) is 4.11. The van der Waals surface area contributed by atoms with E-state index in [0.717, 1.165) is 0 Å². The fraction of sp³-hybridized carbons (Fsp3) is 0.154. The van der Waals surface area contributed by atoms with E-state index in [1.807, 2.05) is 6.07 Å². The van der Waals surface area contributed by atoms with Crippen molar-refractivity contribution in [2.45, 2.75) is 0 Å². The van der Waals surface area contributed by atoms with E-state index in [1.165, 1.54) is 0 Å². The number of ether oxygens (including phenoxy) is 2. The third kappa shape index (κ3) is 1.80. The van der Waals surface area contributed by atoms with Crippen LogP contribution >= 0.6 is 0 Å². The van der Waals surface area contributed by atoms with Crippen molar-refractivity contribution < 1.29 is 9.47 Å². The standard InChI is InChI=1S/C13H13N5O2/c1-19-10-6-8(9(14)7-11(10)20-2)13-17-16-12-4-3-5-15-18(12)13/h3-7H,14H2,1-2H3. The zero-order chi connectivity index (χ0) is 14.1. The number of fused-ring (bicyclic) bond motifs is 1. The van der Waals surface area contributed by atoms with Crippen LogP contribution in [0.5, 0.6) is 11.5 Å². The van der Waals surface area contributed by atoms with Crippen LogP contribution in [0.25, 0.3) is 17.0 Å². The molecule has 0 radical (unpaired) electrons. The van der Waals surface area contributed by atoms with E-state index in [1.54, 1.807) is 43.1 Å². The largest absolute Gasteiger partial charge is 0.493 e. The Hall–Kier alpha value is -2.83. The van der Waals surface area contributed by atoms with Crippen molar-refractivity contribution in [3.05, 3.63) is 30.5 Å². The molecular formula is C13H13N5O2. The molecule has 2 heterocycles. The van der Waals surface area contributed by atoms with Gasteiger partial charge in [-0.25, -0.2) is 0 Å². The number of benzene rings is 1. The van der Waals surface area contributed by atoms with Crippen molar-refractivity contribution in [2.75, 3.05) is 20.0 Å². The minimum Gasteiger partial charge on any atom is -0.493 e. The summed E-state index contributed by atoms with van der Waals surface area (Å²) >= 11 is 0. The molecule has 0 saturated carbocycles. The lowest BCUT2D eigenvalue weighted by atomic mass is 10.1. The molecular weight excluding hydrogens is 258 g/mol. The lowest BCUT2D eigenvalue weighted by Crippen LogP contribution is -1.99. The van der Waals surface area contributed by atoms with E-state index in [-0.39, 0.29) is 0 Å². The molecule has 0 aliphatic carbocycles. The van der Waals surface area contributed by atoms with Gasteiger partial charge in [-0.1, -0.05) is 0 Å². The van der Waals surface area contributed by atoms with E-state index < -0.39 is 0 Å². The maximum absolute atomic E-state index is 6.06. The van der Waals surface area contributed by atoms with Crippen molar-refractivity contribution in [3.63, 3.8) is 0 Å². The van der Waals surface area contributed by atoms with Crippen molar-refractivity contribution >= 4 is 11.3 Å². The molecule has 0 spiro atoms. The smallest absolute Gasteiger partial charge is 0.187 e. The molecule has 3 rings (SSSR count). The minimum atomic E-state index is 0.516. The predicted molar refractivity (Wildman–Crippen MR) is 73.7 cm³/mol. The third-order valence-corrected chi connectivity index (χ3v) is 2.97. The molecule has 0 unspecified atom stereocenters. The highest BCUT2D eigenvalue weighted by molar-refractivity contribution is 5.76. The Morgan fingerprint density at radius 3 is 2.60 bits per heavy atom. The average molecular weight is 271 g/mol. The maximum atomic E-state index is 6.06. The molecule has 0 aliphatic heterocycles. The number of nitrogens with zero attached hydrogens (tertiary/aromatic N) is 4. The Kier molecular flexibility index (Phi) is 2.86. The molecule has 0 fully saturated rings. The third-order valence-electron chi connectivity index (χ3n) is 2.97. The summed E-state index contributed by atoms with van der Waals surface area (Å²) in [5.41, 5.74) is 7.91. The number of methoxy groups -OCH3 is 2. The molecule has 20 heavy (non-hydrogen) atoms. The van der Waals surface area contributed by atoms with Crippen LogP contribution in [0.15, 0.2) is 30.5 Å². The maximum Gasteiger partial charge on any atom is 0.187 e. The SMILES string of the molecule is COc1cc(N)c(-c2nnc3cccnn23)cc1OC. The van der Waals surface area contributed by atoms with Gasteiger partial charge in [-0.2, -0.15) is 9.61 Å². The lowest BCUT2D eigenvalue weighted by molar-refractivity contribution is 0.355. The first-order valence-corrected chi connectivity index (χ1v) is 5.93. The van der Waals surface area contributed by atoms with Crippen LogP contribution < -0.4 is 15.2 Å².